The predicted octanol–water partition coefficient (Wildman–Crippen LogP) is 5.25. The first-order valence-electron chi connectivity index (χ1n) is 7.88. The molecule has 26 heavy (non-hydrogen) atoms. The summed E-state index contributed by atoms with van der Waals surface area (Å²) in [6.45, 7) is 2.56. The quantitative estimate of drug-likeness (QED) is 0.533. The second kappa shape index (κ2) is 8.12. The van der Waals surface area contributed by atoms with E-state index in [0.29, 0.717) is 39.7 Å². The Kier molecular flexibility index (Phi) is 5.65. The zero-order chi connectivity index (χ0) is 18.5. The van der Waals surface area contributed by atoms with E-state index in [1.165, 1.54) is 6.33 Å². The maximum Gasteiger partial charge on any atom is 0.159 e. The lowest BCUT2D eigenvalue weighted by atomic mass is 10.3. The van der Waals surface area contributed by atoms with E-state index in [0.717, 1.165) is 11.4 Å². The van der Waals surface area contributed by atoms with Crippen LogP contribution in [0.25, 0.3) is 0 Å². The zero-order valence-electron chi connectivity index (χ0n) is 14.0. The van der Waals surface area contributed by atoms with E-state index < -0.39 is 0 Å². The molecule has 0 radical (unpaired) electrons. The maximum absolute atomic E-state index is 6.19. The Morgan fingerprint density at radius 1 is 0.923 bits per heavy atom. The molecule has 0 saturated heterocycles. The van der Waals surface area contributed by atoms with Gasteiger partial charge in [0.15, 0.2) is 11.6 Å². The van der Waals surface area contributed by atoms with Crippen LogP contribution in [0.4, 0.5) is 28.7 Å². The minimum absolute atomic E-state index is 0.373. The van der Waals surface area contributed by atoms with Gasteiger partial charge < -0.3 is 21.1 Å². The van der Waals surface area contributed by atoms with Gasteiger partial charge in [-0.1, -0.05) is 23.2 Å². The lowest BCUT2D eigenvalue weighted by Gasteiger charge is -2.13. The molecule has 0 amide bonds. The lowest BCUT2D eigenvalue weighted by molar-refractivity contribution is 0.340. The molecule has 0 unspecified atom stereocenters. The second-order valence-electron chi connectivity index (χ2n) is 5.35. The summed E-state index contributed by atoms with van der Waals surface area (Å²) in [4.78, 5) is 8.38. The van der Waals surface area contributed by atoms with Crippen molar-refractivity contribution in [2.24, 2.45) is 0 Å². The van der Waals surface area contributed by atoms with Crippen molar-refractivity contribution in [1.82, 2.24) is 9.97 Å². The molecule has 2 aromatic carbocycles. The van der Waals surface area contributed by atoms with Crippen LogP contribution in [-0.2, 0) is 0 Å². The standard InChI is InChI=1S/C18H17Cl2N5O/c1-2-26-15-5-3-13(4-6-15)24-17-16(21)18(23-10-22-17)25-14-8-11(19)7-12(20)9-14/h3-10H,2,21H2,1H3,(H2,22,23,24,25). The van der Waals surface area contributed by atoms with Gasteiger partial charge in [-0.15, -0.1) is 0 Å². The maximum atomic E-state index is 6.19. The molecule has 0 bridgehead atoms. The van der Waals surface area contributed by atoms with Crippen molar-refractivity contribution >= 4 is 51.9 Å². The highest BCUT2D eigenvalue weighted by atomic mass is 35.5. The Hall–Kier alpha value is -2.70. The Morgan fingerprint density at radius 3 is 2.08 bits per heavy atom. The van der Waals surface area contributed by atoms with Crippen LogP contribution in [0, 0.1) is 0 Å². The summed E-state index contributed by atoms with van der Waals surface area (Å²) in [6.07, 6.45) is 1.42. The number of nitrogens with one attached hydrogen (secondary N) is 2. The number of aromatic nitrogens is 2. The van der Waals surface area contributed by atoms with Crippen molar-refractivity contribution in [3.8, 4) is 5.75 Å². The number of nitrogens with zero attached hydrogens (tertiary/aromatic N) is 2. The van der Waals surface area contributed by atoms with Crippen LogP contribution in [0.3, 0.4) is 0 Å². The molecular weight excluding hydrogens is 373 g/mol. The SMILES string of the molecule is CCOc1ccc(Nc2ncnc(Nc3cc(Cl)cc(Cl)c3)c2N)cc1. The van der Waals surface area contributed by atoms with Crippen LogP contribution in [-0.4, -0.2) is 16.6 Å². The summed E-state index contributed by atoms with van der Waals surface area (Å²) in [7, 11) is 0. The first-order valence-corrected chi connectivity index (χ1v) is 8.64. The van der Waals surface area contributed by atoms with Gasteiger partial charge in [0.2, 0.25) is 0 Å². The molecule has 0 aliphatic rings. The highest BCUT2D eigenvalue weighted by Crippen LogP contribution is 2.30. The Balaban J connectivity index is 1.80. The number of halogens is 2. The summed E-state index contributed by atoms with van der Waals surface area (Å²) >= 11 is 12.0. The van der Waals surface area contributed by atoms with E-state index >= 15 is 0 Å². The minimum Gasteiger partial charge on any atom is -0.494 e. The van der Waals surface area contributed by atoms with Crippen LogP contribution >= 0.6 is 23.2 Å². The van der Waals surface area contributed by atoms with Gasteiger partial charge in [0.25, 0.3) is 0 Å². The summed E-state index contributed by atoms with van der Waals surface area (Å²) in [5.41, 5.74) is 8.07. The number of hydrogen-bond donors (Lipinski definition) is 3. The summed E-state index contributed by atoms with van der Waals surface area (Å²) < 4.78 is 5.43. The molecule has 0 aliphatic heterocycles. The largest absolute Gasteiger partial charge is 0.494 e. The number of benzene rings is 2. The fraction of sp³-hybridized carbons (Fsp3) is 0.111. The lowest BCUT2D eigenvalue weighted by Crippen LogP contribution is -2.05. The minimum atomic E-state index is 0.373. The van der Waals surface area contributed by atoms with E-state index in [4.69, 9.17) is 33.7 Å². The average molecular weight is 390 g/mol. The molecule has 0 atom stereocenters. The predicted molar refractivity (Wildman–Crippen MR) is 107 cm³/mol. The Bertz CT molecular complexity index is 882. The molecule has 0 spiro atoms. The average Bonchev–Trinajstić information content (AvgIpc) is 2.59. The molecule has 6 nitrogen and oxygen atoms in total. The van der Waals surface area contributed by atoms with Gasteiger partial charge in [-0.3, -0.25) is 0 Å². The fourth-order valence-electron chi connectivity index (χ4n) is 2.30. The monoisotopic (exact) mass is 389 g/mol. The second-order valence-corrected chi connectivity index (χ2v) is 6.22. The molecule has 4 N–H and O–H groups in total. The van der Waals surface area contributed by atoms with E-state index in [1.807, 2.05) is 31.2 Å². The van der Waals surface area contributed by atoms with E-state index in [-0.39, 0.29) is 0 Å². The third kappa shape index (κ3) is 4.47. The van der Waals surface area contributed by atoms with Crippen LogP contribution < -0.4 is 21.1 Å². The molecule has 0 fully saturated rings. The normalized spacial score (nSPS) is 10.4. The highest BCUT2D eigenvalue weighted by molar-refractivity contribution is 6.35. The fourth-order valence-corrected chi connectivity index (χ4v) is 2.82. The molecule has 0 aliphatic carbocycles. The molecular formula is C18H17Cl2N5O. The molecule has 134 valence electrons. The summed E-state index contributed by atoms with van der Waals surface area (Å²) in [5, 5.41) is 7.30. The summed E-state index contributed by atoms with van der Waals surface area (Å²) in [5.74, 6) is 1.74. The number of ether oxygens (including phenoxy) is 1. The van der Waals surface area contributed by atoms with Crippen LogP contribution in [0.5, 0.6) is 5.75 Å². The van der Waals surface area contributed by atoms with Crippen molar-refractivity contribution in [2.75, 3.05) is 23.0 Å². The van der Waals surface area contributed by atoms with Gasteiger partial charge in [0, 0.05) is 21.4 Å². The van der Waals surface area contributed by atoms with Crippen molar-refractivity contribution in [3.63, 3.8) is 0 Å². The smallest absolute Gasteiger partial charge is 0.159 e. The number of anilines is 5. The first-order chi connectivity index (χ1) is 12.5. The molecule has 3 aromatic rings. The van der Waals surface area contributed by atoms with Crippen molar-refractivity contribution in [3.05, 3.63) is 58.8 Å². The molecule has 8 heteroatoms. The Morgan fingerprint density at radius 2 is 1.50 bits per heavy atom. The third-order valence-electron chi connectivity index (χ3n) is 3.44. The van der Waals surface area contributed by atoms with Gasteiger partial charge >= 0.3 is 0 Å². The number of nitrogen functional groups attached to an aromatic ring is 1. The molecule has 1 heterocycles. The Labute approximate surface area is 161 Å². The van der Waals surface area contributed by atoms with Crippen molar-refractivity contribution < 1.29 is 4.74 Å². The molecule has 0 saturated carbocycles. The number of rotatable bonds is 6. The van der Waals surface area contributed by atoms with Gasteiger partial charge in [-0.2, -0.15) is 0 Å². The van der Waals surface area contributed by atoms with Crippen LogP contribution in [0.15, 0.2) is 48.8 Å². The van der Waals surface area contributed by atoms with E-state index in [2.05, 4.69) is 20.6 Å². The van der Waals surface area contributed by atoms with Gasteiger partial charge in [-0.25, -0.2) is 9.97 Å². The van der Waals surface area contributed by atoms with Crippen molar-refractivity contribution in [1.29, 1.82) is 0 Å². The number of nitrogens with two attached hydrogens (primary N) is 1. The molecule has 3 rings (SSSR count). The van der Waals surface area contributed by atoms with E-state index in [9.17, 15) is 0 Å². The van der Waals surface area contributed by atoms with E-state index in [1.54, 1.807) is 18.2 Å². The summed E-state index contributed by atoms with van der Waals surface area (Å²) in [6, 6.07) is 12.6. The first kappa shape index (κ1) is 18.1. The number of hydrogen-bond acceptors (Lipinski definition) is 6. The third-order valence-corrected chi connectivity index (χ3v) is 3.87. The van der Waals surface area contributed by atoms with Crippen LogP contribution in [0.1, 0.15) is 6.92 Å². The molecule has 1 aromatic heterocycles. The highest BCUT2D eigenvalue weighted by Gasteiger charge is 2.10. The van der Waals surface area contributed by atoms with Gasteiger partial charge in [0.1, 0.15) is 17.8 Å². The van der Waals surface area contributed by atoms with Gasteiger partial charge in [-0.05, 0) is 49.4 Å². The van der Waals surface area contributed by atoms with Gasteiger partial charge in [0.05, 0.1) is 6.61 Å². The zero-order valence-corrected chi connectivity index (χ0v) is 15.5. The topological polar surface area (TPSA) is 85.1 Å². The van der Waals surface area contributed by atoms with Crippen LogP contribution in [0.2, 0.25) is 10.0 Å². The van der Waals surface area contributed by atoms with Crippen molar-refractivity contribution in [2.45, 2.75) is 6.92 Å².